The van der Waals surface area contributed by atoms with Crippen molar-refractivity contribution in [2.24, 2.45) is 5.41 Å². The molecule has 0 aliphatic carbocycles. The van der Waals surface area contributed by atoms with Crippen LogP contribution in [0.5, 0.6) is 0 Å². The molecule has 0 spiro atoms. The molecule has 1 fully saturated rings. The van der Waals surface area contributed by atoms with Crippen LogP contribution in [-0.2, 0) is 33.4 Å². The molecule has 1 aliphatic heterocycles. The second-order valence-corrected chi connectivity index (χ2v) is 9.02. The summed E-state index contributed by atoms with van der Waals surface area (Å²) in [5, 5.41) is 2.64. The number of unbranched alkanes of at least 4 members (excludes halogenated alkanes) is 2. The Balaban J connectivity index is 2.49. The Morgan fingerprint density at radius 2 is 1.42 bits per heavy atom. The van der Waals surface area contributed by atoms with Gasteiger partial charge >= 0.3 is 11.9 Å². The molecule has 10 heteroatoms. The molecule has 1 aliphatic rings. The lowest BCUT2D eigenvalue weighted by Crippen LogP contribution is -2.51. The Labute approximate surface area is 196 Å². The summed E-state index contributed by atoms with van der Waals surface area (Å²) in [6, 6.07) is 0. The van der Waals surface area contributed by atoms with Gasteiger partial charge in [-0.2, -0.15) is 0 Å². The number of rotatable bonds is 12. The van der Waals surface area contributed by atoms with Crippen LogP contribution < -0.4 is 5.32 Å². The van der Waals surface area contributed by atoms with Crippen LogP contribution in [0.3, 0.4) is 0 Å². The molecule has 3 amide bonds. The summed E-state index contributed by atoms with van der Waals surface area (Å²) >= 11 is 0. The number of hydrogen-bond donors (Lipinski definition) is 1. The van der Waals surface area contributed by atoms with Gasteiger partial charge in [-0.1, -0.05) is 33.6 Å². The molecule has 0 bridgehead atoms. The summed E-state index contributed by atoms with van der Waals surface area (Å²) in [6.07, 6.45) is 2.46. The van der Waals surface area contributed by atoms with Crippen LogP contribution in [0, 0.1) is 5.41 Å². The van der Waals surface area contributed by atoms with Gasteiger partial charge < -0.3 is 24.6 Å². The predicted molar refractivity (Wildman–Crippen MR) is 121 cm³/mol. The fraction of sp³-hybridized carbons (Fsp3) is 0.783. The molecule has 10 nitrogen and oxygen atoms in total. The van der Waals surface area contributed by atoms with E-state index in [-0.39, 0.29) is 31.4 Å². The first kappa shape index (κ1) is 28.4. The third-order valence-electron chi connectivity index (χ3n) is 5.50. The normalized spacial score (nSPS) is 14.9. The number of piperazine rings is 1. The third kappa shape index (κ3) is 10.2. The average molecular weight is 470 g/mol. The molecular formula is C23H39N3O7. The molecule has 1 atom stereocenters. The number of carbonyl (C=O) groups excluding carboxylic acids is 5. The number of ether oxygens (including phenoxy) is 2. The maximum Gasteiger partial charge on any atom is 0.303 e. The smallest absolute Gasteiger partial charge is 0.303 e. The van der Waals surface area contributed by atoms with E-state index in [0.29, 0.717) is 32.6 Å². The topological polar surface area (TPSA) is 122 Å². The van der Waals surface area contributed by atoms with E-state index >= 15 is 0 Å². The first-order chi connectivity index (χ1) is 15.5. The lowest BCUT2D eigenvalue weighted by Gasteiger charge is -2.35. The maximum absolute atomic E-state index is 12.7. The summed E-state index contributed by atoms with van der Waals surface area (Å²) < 4.78 is 10.2. The zero-order valence-electron chi connectivity index (χ0n) is 20.6. The van der Waals surface area contributed by atoms with E-state index in [1.54, 1.807) is 23.6 Å². The highest BCUT2D eigenvalue weighted by molar-refractivity contribution is 5.85. The maximum atomic E-state index is 12.7. The molecule has 1 N–H and O–H groups in total. The molecule has 33 heavy (non-hydrogen) atoms. The van der Waals surface area contributed by atoms with Gasteiger partial charge in [0.1, 0.15) is 6.61 Å². The number of amides is 3. The number of hydrogen-bond acceptors (Lipinski definition) is 7. The quantitative estimate of drug-likeness (QED) is 0.337. The lowest BCUT2D eigenvalue weighted by molar-refractivity contribution is -0.166. The molecule has 1 saturated heterocycles. The summed E-state index contributed by atoms with van der Waals surface area (Å²) in [4.78, 5) is 63.5. The van der Waals surface area contributed by atoms with Gasteiger partial charge in [0.05, 0.1) is 0 Å². The zero-order chi connectivity index (χ0) is 25.0. The van der Waals surface area contributed by atoms with Gasteiger partial charge in [-0.25, -0.2) is 0 Å². The molecule has 0 aromatic carbocycles. The molecule has 188 valence electrons. The molecule has 1 unspecified atom stereocenters. The van der Waals surface area contributed by atoms with E-state index < -0.39 is 29.4 Å². The zero-order valence-corrected chi connectivity index (χ0v) is 20.6. The number of nitrogens with one attached hydrogen (secondary N) is 1. The van der Waals surface area contributed by atoms with Crippen LogP contribution in [0.1, 0.15) is 66.7 Å². The molecule has 1 rings (SSSR count). The molecule has 0 aromatic heterocycles. The minimum atomic E-state index is -1.17. The standard InChI is InChI=1S/C23H39N3O7/c1-6-7-8-9-19(29)25-12-14-26(15-13-25)20(30)10-11-24-22(31)21(33-18(3)28)23(4,5)16-32-17(2)27/h21H,6-16H2,1-5H3,(H,24,31). The summed E-state index contributed by atoms with van der Waals surface area (Å²) in [5.41, 5.74) is -0.953. The van der Waals surface area contributed by atoms with Crippen molar-refractivity contribution in [1.29, 1.82) is 0 Å². The van der Waals surface area contributed by atoms with Gasteiger partial charge in [-0.05, 0) is 6.42 Å². The highest BCUT2D eigenvalue weighted by Crippen LogP contribution is 2.24. The van der Waals surface area contributed by atoms with E-state index in [2.05, 4.69) is 12.2 Å². The monoisotopic (exact) mass is 469 g/mol. The Kier molecular flexibility index (Phi) is 11.9. The van der Waals surface area contributed by atoms with Crippen LogP contribution in [0.2, 0.25) is 0 Å². The number of esters is 2. The number of nitrogens with zero attached hydrogens (tertiary/aromatic N) is 2. The van der Waals surface area contributed by atoms with E-state index in [1.807, 2.05) is 0 Å². The van der Waals surface area contributed by atoms with Crippen molar-refractivity contribution in [3.8, 4) is 0 Å². The highest BCUT2D eigenvalue weighted by atomic mass is 16.6. The van der Waals surface area contributed by atoms with E-state index in [1.165, 1.54) is 13.8 Å². The molecular weight excluding hydrogens is 430 g/mol. The van der Waals surface area contributed by atoms with Gasteiger partial charge in [-0.3, -0.25) is 24.0 Å². The van der Waals surface area contributed by atoms with Gasteiger partial charge in [-0.15, -0.1) is 0 Å². The highest BCUT2D eigenvalue weighted by Gasteiger charge is 2.39. The predicted octanol–water partition coefficient (Wildman–Crippen LogP) is 1.26. The largest absolute Gasteiger partial charge is 0.465 e. The molecule has 0 radical (unpaired) electrons. The molecule has 0 saturated carbocycles. The van der Waals surface area contributed by atoms with Crippen molar-refractivity contribution in [3.05, 3.63) is 0 Å². The van der Waals surface area contributed by atoms with Crippen LogP contribution in [-0.4, -0.2) is 84.9 Å². The molecule has 1 heterocycles. The minimum absolute atomic E-state index is 0.0786. The van der Waals surface area contributed by atoms with Crippen molar-refractivity contribution in [3.63, 3.8) is 0 Å². The Morgan fingerprint density at radius 3 is 1.91 bits per heavy atom. The third-order valence-corrected chi connectivity index (χ3v) is 5.50. The second-order valence-electron chi connectivity index (χ2n) is 9.02. The first-order valence-electron chi connectivity index (χ1n) is 11.6. The van der Waals surface area contributed by atoms with Crippen molar-refractivity contribution in [1.82, 2.24) is 15.1 Å². The SMILES string of the molecule is CCCCCC(=O)N1CCN(C(=O)CCNC(=O)C(OC(C)=O)C(C)(C)COC(C)=O)CC1. The van der Waals surface area contributed by atoms with Crippen LogP contribution in [0.15, 0.2) is 0 Å². The van der Waals surface area contributed by atoms with Gasteiger partial charge in [0.15, 0.2) is 6.10 Å². The average Bonchev–Trinajstić information content (AvgIpc) is 2.76. The Bertz CT molecular complexity index is 700. The fourth-order valence-electron chi connectivity index (χ4n) is 3.53. The van der Waals surface area contributed by atoms with Gasteiger partial charge in [0, 0.05) is 64.8 Å². The fourth-order valence-corrected chi connectivity index (χ4v) is 3.53. The first-order valence-corrected chi connectivity index (χ1v) is 11.6. The van der Waals surface area contributed by atoms with Crippen LogP contribution in [0.4, 0.5) is 0 Å². The van der Waals surface area contributed by atoms with Crippen LogP contribution in [0.25, 0.3) is 0 Å². The van der Waals surface area contributed by atoms with E-state index in [4.69, 9.17) is 9.47 Å². The number of carbonyl (C=O) groups is 5. The van der Waals surface area contributed by atoms with Crippen molar-refractivity contribution < 1.29 is 33.4 Å². The van der Waals surface area contributed by atoms with Gasteiger partial charge in [0.2, 0.25) is 11.8 Å². The van der Waals surface area contributed by atoms with E-state index in [0.717, 1.165) is 19.3 Å². The second kappa shape index (κ2) is 13.8. The summed E-state index contributed by atoms with van der Waals surface area (Å²) in [6.45, 7) is 9.79. The minimum Gasteiger partial charge on any atom is -0.465 e. The van der Waals surface area contributed by atoms with Crippen molar-refractivity contribution in [2.75, 3.05) is 39.3 Å². The Morgan fingerprint density at radius 1 is 0.879 bits per heavy atom. The van der Waals surface area contributed by atoms with Crippen molar-refractivity contribution in [2.45, 2.75) is 72.8 Å². The summed E-state index contributed by atoms with van der Waals surface area (Å²) in [7, 11) is 0. The van der Waals surface area contributed by atoms with Gasteiger partial charge in [0.25, 0.3) is 5.91 Å². The lowest BCUT2D eigenvalue weighted by atomic mass is 9.86. The summed E-state index contributed by atoms with van der Waals surface area (Å²) in [5.74, 6) is -1.67. The molecule has 0 aromatic rings. The van der Waals surface area contributed by atoms with E-state index in [9.17, 15) is 24.0 Å². The Hall–Kier alpha value is -2.65. The van der Waals surface area contributed by atoms with Crippen LogP contribution >= 0.6 is 0 Å². The van der Waals surface area contributed by atoms with Crippen molar-refractivity contribution >= 4 is 29.7 Å².